The third-order valence-electron chi connectivity index (χ3n) is 6.88. The van der Waals surface area contributed by atoms with Crippen LogP contribution in [-0.2, 0) is 30.6 Å². The maximum Gasteiger partial charge on any atom is 0.206 e. The van der Waals surface area contributed by atoms with Crippen LogP contribution >= 0.6 is 11.8 Å². The summed E-state index contributed by atoms with van der Waals surface area (Å²) in [4.78, 5) is 6.27. The van der Waals surface area contributed by atoms with Gasteiger partial charge in [0.2, 0.25) is 19.7 Å². The summed E-state index contributed by atoms with van der Waals surface area (Å²) in [6.07, 6.45) is 0. The molecule has 0 aliphatic heterocycles. The van der Waals surface area contributed by atoms with E-state index in [4.69, 9.17) is 0 Å². The van der Waals surface area contributed by atoms with Gasteiger partial charge in [-0.15, -0.1) is 0 Å². The lowest BCUT2D eigenvalue weighted by Crippen LogP contribution is -2.06. The molecule has 6 rings (SSSR count). The molecule has 0 bridgehead atoms. The zero-order valence-corrected chi connectivity index (χ0v) is 26.6. The Morgan fingerprint density at radius 1 is 0.341 bits per heavy atom. The predicted molar refractivity (Wildman–Crippen MR) is 176 cm³/mol. The van der Waals surface area contributed by atoms with Gasteiger partial charge in [0.05, 0.1) is 30.5 Å². The van der Waals surface area contributed by atoms with Crippen LogP contribution in [0.4, 0.5) is 0 Å². The Morgan fingerprint density at radius 3 is 1.07 bits per heavy atom. The molecule has 0 fully saturated rings. The fraction of sp³-hybridized carbons (Fsp3) is 0. The van der Waals surface area contributed by atoms with Gasteiger partial charge in [-0.2, -0.15) is 0 Å². The van der Waals surface area contributed by atoms with E-state index in [0.717, 1.165) is 24.5 Å². The third kappa shape index (κ3) is 6.39. The van der Waals surface area contributed by atoms with Gasteiger partial charge < -0.3 is 0 Å². The molecule has 218 valence electrons. The van der Waals surface area contributed by atoms with Crippen molar-refractivity contribution in [3.8, 4) is 0 Å². The Hall–Kier alpha value is -4.08. The van der Waals surface area contributed by atoms with Crippen LogP contribution in [-0.4, -0.2) is 16.8 Å². The lowest BCUT2D eigenvalue weighted by atomic mass is 10.3. The van der Waals surface area contributed by atoms with Gasteiger partial charge in [0, 0.05) is 9.79 Å². The maximum atomic E-state index is 13.1. The second-order valence-corrected chi connectivity index (χ2v) is 16.8. The van der Waals surface area contributed by atoms with E-state index in [1.165, 1.54) is 0 Å². The highest BCUT2D eigenvalue weighted by atomic mass is 32.2. The van der Waals surface area contributed by atoms with E-state index in [0.29, 0.717) is 0 Å². The molecule has 6 aromatic rings. The topological polar surface area (TPSA) is 68.3 Å². The Labute approximate surface area is 265 Å². The molecule has 0 aliphatic carbocycles. The molecule has 44 heavy (non-hydrogen) atoms. The second-order valence-electron chi connectivity index (χ2n) is 9.77. The highest BCUT2D eigenvalue weighted by molar-refractivity contribution is 7.99. The van der Waals surface area contributed by atoms with Crippen LogP contribution in [0.25, 0.3) is 0 Å². The maximum absolute atomic E-state index is 13.1. The molecular formula is C36H27O4S4+. The minimum atomic E-state index is -3.60. The van der Waals surface area contributed by atoms with Crippen LogP contribution in [0.3, 0.4) is 0 Å². The average Bonchev–Trinajstić information content (AvgIpc) is 3.07. The molecule has 6 aromatic carbocycles. The summed E-state index contributed by atoms with van der Waals surface area (Å²) in [5, 5.41) is 0. The number of sulfone groups is 2. The first-order chi connectivity index (χ1) is 21.3. The van der Waals surface area contributed by atoms with Crippen molar-refractivity contribution >= 4 is 42.3 Å². The van der Waals surface area contributed by atoms with Crippen LogP contribution in [0.5, 0.6) is 0 Å². The van der Waals surface area contributed by atoms with Gasteiger partial charge in [-0.1, -0.05) is 66.4 Å². The first-order valence-corrected chi connectivity index (χ1v) is 18.7. The zero-order chi connectivity index (χ0) is 30.6. The van der Waals surface area contributed by atoms with E-state index in [1.54, 1.807) is 96.7 Å². The second kappa shape index (κ2) is 12.9. The fourth-order valence-electron chi connectivity index (χ4n) is 4.66. The number of benzene rings is 6. The molecule has 0 spiro atoms. The third-order valence-corrected chi connectivity index (χ3v) is 13.7. The highest BCUT2D eigenvalue weighted by Gasteiger charge is 2.29. The van der Waals surface area contributed by atoms with Crippen LogP contribution in [0.2, 0.25) is 0 Å². The molecular weight excluding hydrogens is 625 g/mol. The first kappa shape index (κ1) is 30.0. The average molecular weight is 652 g/mol. The Morgan fingerprint density at radius 2 is 0.636 bits per heavy atom. The van der Waals surface area contributed by atoms with Gasteiger partial charge in [0.25, 0.3) is 0 Å². The van der Waals surface area contributed by atoms with E-state index in [2.05, 4.69) is 36.4 Å². The van der Waals surface area contributed by atoms with E-state index in [-0.39, 0.29) is 19.6 Å². The molecule has 0 N–H and O–H groups in total. The molecule has 4 nitrogen and oxygen atoms in total. The molecule has 1 atom stereocenters. The van der Waals surface area contributed by atoms with E-state index in [9.17, 15) is 16.8 Å². The van der Waals surface area contributed by atoms with Gasteiger partial charge >= 0.3 is 0 Å². The van der Waals surface area contributed by atoms with Crippen molar-refractivity contribution in [2.45, 2.75) is 44.1 Å². The molecule has 0 aliphatic rings. The molecule has 0 saturated carbocycles. The SMILES string of the molecule is O=S(=O)(c1ccccc1)c1ccc(Sc2ccc([S+](c3ccccc3)c3ccc(S(=O)(=O)c4ccccc4)cc3)cc2)cc1. The first-order valence-electron chi connectivity index (χ1n) is 13.7. The van der Waals surface area contributed by atoms with Gasteiger partial charge in [-0.3, -0.25) is 0 Å². The Balaban J connectivity index is 1.24. The number of hydrogen-bond donors (Lipinski definition) is 0. The van der Waals surface area contributed by atoms with Crippen LogP contribution in [0.1, 0.15) is 0 Å². The van der Waals surface area contributed by atoms with Gasteiger partial charge in [0.15, 0.2) is 14.7 Å². The van der Waals surface area contributed by atoms with Crippen LogP contribution < -0.4 is 0 Å². The van der Waals surface area contributed by atoms with Crippen LogP contribution in [0.15, 0.2) is 208 Å². The van der Waals surface area contributed by atoms with Crippen molar-refractivity contribution in [3.63, 3.8) is 0 Å². The number of hydrogen-bond acceptors (Lipinski definition) is 5. The smallest absolute Gasteiger partial charge is 0.206 e. The largest absolute Gasteiger partial charge is 0.219 e. The van der Waals surface area contributed by atoms with E-state index in [1.807, 2.05) is 42.5 Å². The van der Waals surface area contributed by atoms with Crippen molar-refractivity contribution in [1.82, 2.24) is 0 Å². The molecule has 8 heteroatoms. The van der Waals surface area contributed by atoms with E-state index >= 15 is 0 Å². The lowest BCUT2D eigenvalue weighted by molar-refractivity contribution is 0.594. The summed E-state index contributed by atoms with van der Waals surface area (Å²) in [5.74, 6) is 0. The summed E-state index contributed by atoms with van der Waals surface area (Å²) < 4.78 is 52.2. The van der Waals surface area contributed by atoms with Crippen molar-refractivity contribution in [1.29, 1.82) is 0 Å². The van der Waals surface area contributed by atoms with Gasteiger partial charge in [0.1, 0.15) is 0 Å². The van der Waals surface area contributed by atoms with Gasteiger partial charge in [-0.25, -0.2) is 16.8 Å². The monoisotopic (exact) mass is 651 g/mol. The minimum Gasteiger partial charge on any atom is -0.219 e. The molecule has 0 amide bonds. The summed E-state index contributed by atoms with van der Waals surface area (Å²) >= 11 is 1.56. The summed E-state index contributed by atoms with van der Waals surface area (Å²) in [6.45, 7) is 0. The highest BCUT2D eigenvalue weighted by Crippen LogP contribution is 2.35. The quantitative estimate of drug-likeness (QED) is 0.147. The van der Waals surface area contributed by atoms with Crippen molar-refractivity contribution in [3.05, 3.63) is 164 Å². The molecule has 0 saturated heterocycles. The predicted octanol–water partition coefficient (Wildman–Crippen LogP) is 8.60. The standard InChI is InChI=1S/C36H27O4S4/c37-43(38,33-12-6-2-7-13-33)35-24-18-29(19-25-35)41-28-16-20-31(21-17-28)42(30-10-4-1-5-11-30)32-22-26-36(27-23-32)44(39,40)34-14-8-3-9-15-34/h1-27H/q+1. The zero-order valence-electron chi connectivity index (χ0n) is 23.4. The normalized spacial score (nSPS) is 12.5. The summed E-state index contributed by atoms with van der Waals surface area (Å²) in [6, 6.07) is 49.5. The van der Waals surface area contributed by atoms with Gasteiger partial charge in [-0.05, 0) is 109 Å². The molecule has 0 aromatic heterocycles. The van der Waals surface area contributed by atoms with Crippen LogP contribution in [0, 0.1) is 0 Å². The fourth-order valence-corrected chi connectivity index (χ4v) is 10.1. The molecule has 0 radical (unpaired) electrons. The summed E-state index contributed by atoms with van der Waals surface area (Å²) in [7, 11) is -7.62. The Bertz CT molecular complexity index is 2060. The summed E-state index contributed by atoms with van der Waals surface area (Å²) in [5.41, 5.74) is 0. The van der Waals surface area contributed by atoms with Crippen molar-refractivity contribution < 1.29 is 16.8 Å². The Kier molecular flexibility index (Phi) is 8.77. The van der Waals surface area contributed by atoms with E-state index < -0.39 is 30.6 Å². The molecule has 1 unspecified atom stereocenters. The number of rotatable bonds is 9. The lowest BCUT2D eigenvalue weighted by Gasteiger charge is -2.10. The molecule has 0 heterocycles. The van der Waals surface area contributed by atoms with Crippen molar-refractivity contribution in [2.24, 2.45) is 0 Å². The minimum absolute atomic E-state index is 0.262. The van der Waals surface area contributed by atoms with Crippen molar-refractivity contribution in [2.75, 3.05) is 0 Å².